The van der Waals surface area contributed by atoms with E-state index >= 15 is 0 Å². The fourth-order valence-electron chi connectivity index (χ4n) is 2.45. The lowest BCUT2D eigenvalue weighted by Crippen LogP contribution is -2.38. The second kappa shape index (κ2) is 4.36. The molecular formula is C12H26OSi. The Morgan fingerprint density at radius 2 is 1.71 bits per heavy atom. The fourth-order valence-corrected chi connectivity index (χ4v) is 3.80. The predicted octanol–water partition coefficient (Wildman–Crippen LogP) is 3.91. The molecule has 0 bridgehead atoms. The van der Waals surface area contributed by atoms with Crippen LogP contribution in [-0.4, -0.2) is 14.4 Å². The topological polar surface area (TPSA) is 9.23 Å². The molecule has 1 aliphatic rings. The van der Waals surface area contributed by atoms with Crippen LogP contribution in [0.5, 0.6) is 0 Å². The van der Waals surface area contributed by atoms with Crippen molar-refractivity contribution in [3.8, 4) is 0 Å². The van der Waals surface area contributed by atoms with Crippen LogP contribution in [0.2, 0.25) is 19.1 Å². The molecule has 4 atom stereocenters. The molecule has 0 aromatic rings. The third kappa shape index (κ3) is 2.60. The van der Waals surface area contributed by atoms with Gasteiger partial charge in [-0.1, -0.05) is 27.7 Å². The molecule has 2 heteroatoms. The Balaban J connectivity index is 2.60. The van der Waals surface area contributed by atoms with Gasteiger partial charge in [0.05, 0.1) is 6.10 Å². The van der Waals surface area contributed by atoms with Crippen LogP contribution >= 0.6 is 0 Å². The summed E-state index contributed by atoms with van der Waals surface area (Å²) in [6.07, 6.45) is 1.88. The van der Waals surface area contributed by atoms with Gasteiger partial charge in [0.15, 0.2) is 8.32 Å². The van der Waals surface area contributed by atoms with Crippen LogP contribution in [0.25, 0.3) is 0 Å². The maximum atomic E-state index is 6.38. The van der Waals surface area contributed by atoms with Gasteiger partial charge >= 0.3 is 0 Å². The minimum absolute atomic E-state index is 0.534. The van der Waals surface area contributed by atoms with Gasteiger partial charge in [-0.05, 0) is 43.3 Å². The summed E-state index contributed by atoms with van der Waals surface area (Å²) >= 11 is 0. The summed E-state index contributed by atoms with van der Waals surface area (Å²) in [5.74, 6) is 2.36. The molecule has 0 spiro atoms. The maximum absolute atomic E-state index is 6.38. The molecular weight excluding hydrogens is 188 g/mol. The molecule has 0 aliphatic heterocycles. The van der Waals surface area contributed by atoms with Crippen molar-refractivity contribution in [2.24, 2.45) is 17.8 Å². The molecule has 84 valence electrons. The van der Waals surface area contributed by atoms with Crippen molar-refractivity contribution in [1.82, 2.24) is 0 Å². The molecule has 0 aromatic carbocycles. The van der Waals surface area contributed by atoms with Gasteiger partial charge in [-0.15, -0.1) is 0 Å². The fraction of sp³-hybridized carbons (Fsp3) is 1.00. The van der Waals surface area contributed by atoms with Gasteiger partial charge in [-0.2, -0.15) is 0 Å². The summed E-state index contributed by atoms with van der Waals surface area (Å²) in [5, 5.41) is 0. The first-order chi connectivity index (χ1) is 6.37. The standard InChI is InChI=1S/C12H26OSi/c1-7-14(5,6)13-12-10(3)8-9(2)11(12)4/h9-12H,7-8H2,1-6H3. The van der Waals surface area contributed by atoms with Gasteiger partial charge in [-0.3, -0.25) is 0 Å². The van der Waals surface area contributed by atoms with Gasteiger partial charge in [0.2, 0.25) is 0 Å². The lowest BCUT2D eigenvalue weighted by atomic mass is 9.99. The van der Waals surface area contributed by atoms with Crippen molar-refractivity contribution in [3.05, 3.63) is 0 Å². The van der Waals surface area contributed by atoms with E-state index in [-0.39, 0.29) is 0 Å². The molecule has 0 aromatic heterocycles. The quantitative estimate of drug-likeness (QED) is 0.647. The third-order valence-corrected chi connectivity index (χ3v) is 6.64. The highest BCUT2D eigenvalue weighted by Crippen LogP contribution is 2.39. The van der Waals surface area contributed by atoms with Gasteiger partial charge in [-0.25, -0.2) is 0 Å². The summed E-state index contributed by atoms with van der Waals surface area (Å²) in [6.45, 7) is 14.0. The zero-order valence-corrected chi connectivity index (χ0v) is 11.6. The zero-order chi connectivity index (χ0) is 10.9. The predicted molar refractivity (Wildman–Crippen MR) is 64.9 cm³/mol. The van der Waals surface area contributed by atoms with Crippen molar-refractivity contribution in [2.75, 3.05) is 0 Å². The van der Waals surface area contributed by atoms with Crippen molar-refractivity contribution in [2.45, 2.75) is 59.4 Å². The second-order valence-corrected chi connectivity index (χ2v) is 10.2. The van der Waals surface area contributed by atoms with Crippen LogP contribution in [0, 0.1) is 17.8 Å². The Morgan fingerprint density at radius 1 is 1.14 bits per heavy atom. The van der Waals surface area contributed by atoms with E-state index in [1.54, 1.807) is 0 Å². The van der Waals surface area contributed by atoms with Crippen molar-refractivity contribution >= 4 is 8.32 Å². The first-order valence-corrected chi connectivity index (χ1v) is 9.16. The van der Waals surface area contributed by atoms with Crippen LogP contribution in [0.3, 0.4) is 0 Å². The van der Waals surface area contributed by atoms with Crippen LogP contribution in [0.4, 0.5) is 0 Å². The Morgan fingerprint density at radius 3 is 2.07 bits per heavy atom. The molecule has 14 heavy (non-hydrogen) atoms. The number of hydrogen-bond donors (Lipinski definition) is 0. The zero-order valence-electron chi connectivity index (χ0n) is 10.6. The Kier molecular flexibility index (Phi) is 3.81. The summed E-state index contributed by atoms with van der Waals surface area (Å²) < 4.78 is 6.38. The van der Waals surface area contributed by atoms with Gasteiger partial charge in [0.1, 0.15) is 0 Å². The lowest BCUT2D eigenvalue weighted by molar-refractivity contribution is 0.115. The molecule has 1 rings (SSSR count). The first kappa shape index (κ1) is 12.2. The Bertz CT molecular complexity index is 191. The van der Waals surface area contributed by atoms with Crippen LogP contribution in [-0.2, 0) is 4.43 Å². The normalized spacial score (nSPS) is 39.0. The molecule has 0 N–H and O–H groups in total. The van der Waals surface area contributed by atoms with Crippen LogP contribution in [0.15, 0.2) is 0 Å². The van der Waals surface area contributed by atoms with E-state index in [9.17, 15) is 0 Å². The summed E-state index contributed by atoms with van der Waals surface area (Å²) in [5.41, 5.74) is 0. The highest BCUT2D eigenvalue weighted by Gasteiger charge is 2.39. The summed E-state index contributed by atoms with van der Waals surface area (Å²) in [6, 6.07) is 1.23. The molecule has 4 unspecified atom stereocenters. The van der Waals surface area contributed by atoms with E-state index in [4.69, 9.17) is 4.43 Å². The molecule has 1 nitrogen and oxygen atoms in total. The van der Waals surface area contributed by atoms with Gasteiger partial charge in [0, 0.05) is 0 Å². The largest absolute Gasteiger partial charge is 0.414 e. The minimum Gasteiger partial charge on any atom is -0.414 e. The molecule has 1 fully saturated rings. The van der Waals surface area contributed by atoms with E-state index in [2.05, 4.69) is 40.8 Å². The van der Waals surface area contributed by atoms with Crippen molar-refractivity contribution < 1.29 is 4.43 Å². The second-order valence-electron chi connectivity index (χ2n) is 5.75. The van der Waals surface area contributed by atoms with E-state index in [1.807, 2.05) is 0 Å². The Labute approximate surface area is 90.4 Å². The molecule has 0 radical (unpaired) electrons. The minimum atomic E-state index is -1.36. The molecule has 1 aliphatic carbocycles. The van der Waals surface area contributed by atoms with Crippen LogP contribution in [0.1, 0.15) is 34.1 Å². The smallest absolute Gasteiger partial charge is 0.186 e. The van der Waals surface area contributed by atoms with E-state index in [0.29, 0.717) is 6.10 Å². The van der Waals surface area contributed by atoms with Crippen LogP contribution < -0.4 is 0 Å². The monoisotopic (exact) mass is 214 g/mol. The summed E-state index contributed by atoms with van der Waals surface area (Å²) in [7, 11) is -1.36. The third-order valence-electron chi connectivity index (χ3n) is 4.03. The lowest BCUT2D eigenvalue weighted by Gasteiger charge is -2.31. The van der Waals surface area contributed by atoms with E-state index in [1.165, 1.54) is 12.5 Å². The summed E-state index contributed by atoms with van der Waals surface area (Å²) in [4.78, 5) is 0. The highest BCUT2D eigenvalue weighted by atomic mass is 28.4. The Hall–Kier alpha value is 0.177. The van der Waals surface area contributed by atoms with Crippen molar-refractivity contribution in [3.63, 3.8) is 0 Å². The average molecular weight is 214 g/mol. The van der Waals surface area contributed by atoms with Gasteiger partial charge < -0.3 is 4.43 Å². The van der Waals surface area contributed by atoms with E-state index in [0.717, 1.165) is 17.8 Å². The molecule has 1 saturated carbocycles. The molecule has 0 saturated heterocycles. The highest BCUT2D eigenvalue weighted by molar-refractivity contribution is 6.71. The maximum Gasteiger partial charge on any atom is 0.186 e. The first-order valence-electron chi connectivity index (χ1n) is 6.05. The average Bonchev–Trinajstić information content (AvgIpc) is 2.32. The molecule has 0 amide bonds. The number of hydrogen-bond acceptors (Lipinski definition) is 1. The van der Waals surface area contributed by atoms with Gasteiger partial charge in [0.25, 0.3) is 0 Å². The van der Waals surface area contributed by atoms with E-state index < -0.39 is 8.32 Å². The van der Waals surface area contributed by atoms with Crippen molar-refractivity contribution in [1.29, 1.82) is 0 Å². The SMILES string of the molecule is CC[Si](C)(C)OC1C(C)CC(C)C1C. The number of rotatable bonds is 3. The molecule has 0 heterocycles.